The van der Waals surface area contributed by atoms with Crippen LogP contribution in [0, 0.1) is 13.8 Å². The van der Waals surface area contributed by atoms with E-state index in [0.717, 1.165) is 27.3 Å². The van der Waals surface area contributed by atoms with Gasteiger partial charge in [-0.3, -0.25) is 4.40 Å². The fraction of sp³-hybridized carbons (Fsp3) is 0.286. The van der Waals surface area contributed by atoms with E-state index < -0.39 is 0 Å². The van der Waals surface area contributed by atoms with Crippen molar-refractivity contribution in [3.8, 4) is 0 Å². The zero-order chi connectivity index (χ0) is 14.1. The summed E-state index contributed by atoms with van der Waals surface area (Å²) in [5, 5.41) is 7.31. The van der Waals surface area contributed by atoms with Gasteiger partial charge in [-0.05, 0) is 50.4 Å². The highest BCUT2D eigenvalue weighted by Crippen LogP contribution is 2.31. The Morgan fingerprint density at radius 2 is 2.15 bits per heavy atom. The number of pyridine rings is 1. The molecule has 104 valence electrons. The van der Waals surface area contributed by atoms with Gasteiger partial charge in [0.05, 0.1) is 5.69 Å². The highest BCUT2D eigenvalue weighted by molar-refractivity contribution is 7.99. The molecule has 3 rings (SSSR count). The van der Waals surface area contributed by atoms with Crippen LogP contribution in [0.15, 0.2) is 33.8 Å². The average Bonchev–Trinajstić information content (AvgIpc) is 2.92. The van der Waals surface area contributed by atoms with Crippen LogP contribution in [0.5, 0.6) is 0 Å². The highest BCUT2D eigenvalue weighted by atomic mass is 32.2. The molecule has 0 aliphatic carbocycles. The summed E-state index contributed by atoms with van der Waals surface area (Å²) in [6.45, 7) is 4.92. The number of nitrogens with zero attached hydrogens (tertiary/aromatic N) is 3. The Kier molecular flexibility index (Phi) is 3.78. The number of thiazole rings is 1. The van der Waals surface area contributed by atoms with Gasteiger partial charge in [-0.1, -0.05) is 0 Å². The van der Waals surface area contributed by atoms with E-state index in [-0.39, 0.29) is 0 Å². The molecule has 1 N–H and O–H groups in total. The van der Waals surface area contributed by atoms with Crippen LogP contribution in [-0.2, 0) is 6.54 Å². The third-order valence-corrected chi connectivity index (χ3v) is 4.64. The molecular formula is C14H16N4S2. The number of fused-ring (bicyclic) bond motifs is 1. The van der Waals surface area contributed by atoms with Gasteiger partial charge >= 0.3 is 0 Å². The Morgan fingerprint density at radius 3 is 2.90 bits per heavy atom. The lowest BCUT2D eigenvalue weighted by Gasteiger charge is -2.04. The van der Waals surface area contributed by atoms with Crippen molar-refractivity contribution < 1.29 is 0 Å². The van der Waals surface area contributed by atoms with Crippen molar-refractivity contribution in [1.82, 2.24) is 19.7 Å². The summed E-state index contributed by atoms with van der Waals surface area (Å²) in [6.07, 6.45) is 2.07. The second-order valence-electron chi connectivity index (χ2n) is 4.68. The summed E-state index contributed by atoms with van der Waals surface area (Å²) in [6, 6.07) is 4.19. The second-order valence-corrected chi connectivity index (χ2v) is 6.56. The lowest BCUT2D eigenvalue weighted by Crippen LogP contribution is -2.08. The topological polar surface area (TPSA) is 42.2 Å². The van der Waals surface area contributed by atoms with Crippen molar-refractivity contribution >= 4 is 28.1 Å². The molecule has 0 bridgehead atoms. The van der Waals surface area contributed by atoms with Crippen LogP contribution in [0.3, 0.4) is 0 Å². The first kappa shape index (κ1) is 13.6. The van der Waals surface area contributed by atoms with Gasteiger partial charge in [0.1, 0.15) is 10.1 Å². The molecule has 4 nitrogen and oxygen atoms in total. The van der Waals surface area contributed by atoms with Gasteiger partial charge in [0, 0.05) is 23.8 Å². The molecule has 0 fully saturated rings. The van der Waals surface area contributed by atoms with Crippen molar-refractivity contribution in [1.29, 1.82) is 0 Å². The number of hydrogen-bond donors (Lipinski definition) is 1. The van der Waals surface area contributed by atoms with Crippen molar-refractivity contribution in [2.75, 3.05) is 7.05 Å². The van der Waals surface area contributed by atoms with Crippen LogP contribution in [-0.4, -0.2) is 21.4 Å². The number of hydrogen-bond acceptors (Lipinski definition) is 5. The Bertz CT molecular complexity index is 725. The normalized spacial score (nSPS) is 11.3. The van der Waals surface area contributed by atoms with E-state index in [9.17, 15) is 0 Å². The minimum atomic E-state index is 0.797. The van der Waals surface area contributed by atoms with E-state index in [1.807, 2.05) is 14.0 Å². The van der Waals surface area contributed by atoms with Gasteiger partial charge in [-0.15, -0.1) is 11.3 Å². The van der Waals surface area contributed by atoms with Gasteiger partial charge in [-0.25, -0.2) is 9.97 Å². The molecular weight excluding hydrogens is 288 g/mol. The standard InChI is InChI=1S/C14H16N4S2/c1-9-6-10(2)16-12(7-9)20-13-11(8-15-3)18-4-5-19-14(18)17-13/h4-7,15H,8H2,1-3H3. The first-order chi connectivity index (χ1) is 9.67. The Balaban J connectivity index is 2.00. The molecule has 0 aliphatic rings. The SMILES string of the molecule is CNCc1c(Sc2cc(C)cc(C)n2)nc2sccn12. The predicted molar refractivity (Wildman–Crippen MR) is 83.7 cm³/mol. The van der Waals surface area contributed by atoms with Crippen LogP contribution >= 0.6 is 23.1 Å². The molecule has 0 amide bonds. The number of nitrogens with one attached hydrogen (secondary N) is 1. The fourth-order valence-electron chi connectivity index (χ4n) is 2.18. The van der Waals surface area contributed by atoms with E-state index in [1.54, 1.807) is 23.1 Å². The summed E-state index contributed by atoms with van der Waals surface area (Å²) in [7, 11) is 1.95. The monoisotopic (exact) mass is 304 g/mol. The van der Waals surface area contributed by atoms with Crippen LogP contribution in [0.4, 0.5) is 0 Å². The smallest absolute Gasteiger partial charge is 0.194 e. The molecule has 0 saturated heterocycles. The number of rotatable bonds is 4. The lowest BCUT2D eigenvalue weighted by atomic mass is 10.3. The summed E-state index contributed by atoms with van der Waals surface area (Å²) in [5.74, 6) is 0. The van der Waals surface area contributed by atoms with Crippen LogP contribution in [0.25, 0.3) is 4.96 Å². The van der Waals surface area contributed by atoms with Crippen molar-refractivity contribution in [3.05, 3.63) is 40.7 Å². The molecule has 3 aromatic heterocycles. The van der Waals surface area contributed by atoms with Crippen LogP contribution in [0.2, 0.25) is 0 Å². The first-order valence-corrected chi connectivity index (χ1v) is 8.09. The third kappa shape index (κ3) is 2.59. The number of aromatic nitrogens is 3. The molecule has 0 unspecified atom stereocenters. The summed E-state index contributed by atoms with van der Waals surface area (Å²) < 4.78 is 2.14. The van der Waals surface area contributed by atoms with Crippen molar-refractivity contribution in [3.63, 3.8) is 0 Å². The van der Waals surface area contributed by atoms with E-state index in [0.29, 0.717) is 0 Å². The average molecular weight is 304 g/mol. The molecule has 0 spiro atoms. The molecule has 3 heterocycles. The summed E-state index contributed by atoms with van der Waals surface area (Å²) in [4.78, 5) is 10.3. The van der Waals surface area contributed by atoms with Crippen molar-refractivity contribution in [2.24, 2.45) is 0 Å². The summed E-state index contributed by atoms with van der Waals surface area (Å²) >= 11 is 3.29. The summed E-state index contributed by atoms with van der Waals surface area (Å²) in [5.41, 5.74) is 3.47. The zero-order valence-corrected chi connectivity index (χ0v) is 13.3. The Labute approximate surface area is 126 Å². The molecule has 0 atom stereocenters. The quantitative estimate of drug-likeness (QED) is 0.803. The van der Waals surface area contributed by atoms with E-state index in [4.69, 9.17) is 4.98 Å². The number of aryl methyl sites for hydroxylation is 2. The number of imidazole rings is 1. The van der Waals surface area contributed by atoms with Crippen LogP contribution < -0.4 is 5.32 Å². The molecule has 3 aromatic rings. The zero-order valence-electron chi connectivity index (χ0n) is 11.7. The second kappa shape index (κ2) is 5.55. The maximum Gasteiger partial charge on any atom is 0.194 e. The van der Waals surface area contributed by atoms with E-state index in [1.165, 1.54) is 11.3 Å². The molecule has 0 saturated carbocycles. The lowest BCUT2D eigenvalue weighted by molar-refractivity contribution is 0.765. The molecule has 0 radical (unpaired) electrons. The Morgan fingerprint density at radius 1 is 1.30 bits per heavy atom. The van der Waals surface area contributed by atoms with Crippen LogP contribution in [0.1, 0.15) is 17.0 Å². The van der Waals surface area contributed by atoms with Gasteiger partial charge in [0.25, 0.3) is 0 Å². The maximum absolute atomic E-state index is 4.71. The Hall–Kier alpha value is -1.37. The molecule has 6 heteroatoms. The molecule has 0 aliphatic heterocycles. The fourth-order valence-corrected chi connectivity index (χ4v) is 4.02. The minimum Gasteiger partial charge on any atom is -0.314 e. The van der Waals surface area contributed by atoms with E-state index >= 15 is 0 Å². The molecule has 0 aromatic carbocycles. The van der Waals surface area contributed by atoms with Crippen molar-refractivity contribution in [2.45, 2.75) is 30.4 Å². The maximum atomic E-state index is 4.71. The predicted octanol–water partition coefficient (Wildman–Crippen LogP) is 3.28. The first-order valence-electron chi connectivity index (χ1n) is 6.39. The van der Waals surface area contributed by atoms with Gasteiger partial charge in [-0.2, -0.15) is 0 Å². The largest absolute Gasteiger partial charge is 0.314 e. The third-order valence-electron chi connectivity index (χ3n) is 2.94. The highest BCUT2D eigenvalue weighted by Gasteiger charge is 2.14. The van der Waals surface area contributed by atoms with Gasteiger partial charge in [0.15, 0.2) is 4.96 Å². The van der Waals surface area contributed by atoms with Gasteiger partial charge < -0.3 is 5.32 Å². The van der Waals surface area contributed by atoms with E-state index in [2.05, 4.69) is 45.3 Å². The molecule has 20 heavy (non-hydrogen) atoms. The minimum absolute atomic E-state index is 0.797. The van der Waals surface area contributed by atoms with Gasteiger partial charge in [0.2, 0.25) is 0 Å².